The monoisotopic (exact) mass is 409 g/mol. The molecule has 29 heavy (non-hydrogen) atoms. The molecule has 0 aliphatic carbocycles. The van der Waals surface area contributed by atoms with Gasteiger partial charge in [0.2, 0.25) is 5.91 Å². The highest BCUT2D eigenvalue weighted by Crippen LogP contribution is 2.31. The quantitative estimate of drug-likeness (QED) is 0.633. The van der Waals surface area contributed by atoms with Gasteiger partial charge in [-0.05, 0) is 55.5 Å². The number of thiazole rings is 1. The fourth-order valence-electron chi connectivity index (χ4n) is 3.70. The number of amides is 1. The van der Waals surface area contributed by atoms with Crippen LogP contribution in [0.4, 0.5) is 5.13 Å². The molecule has 2 aromatic carbocycles. The van der Waals surface area contributed by atoms with Crippen molar-refractivity contribution in [1.82, 2.24) is 10.3 Å². The molecule has 0 atom stereocenters. The molecule has 1 fully saturated rings. The Morgan fingerprint density at radius 2 is 1.93 bits per heavy atom. The number of para-hydroxylation sites is 1. The van der Waals surface area contributed by atoms with Crippen molar-refractivity contribution in [2.75, 3.05) is 31.1 Å². The summed E-state index contributed by atoms with van der Waals surface area (Å²) in [5.74, 6) is 1.46. The van der Waals surface area contributed by atoms with Crippen molar-refractivity contribution in [3.63, 3.8) is 0 Å². The molecule has 1 aliphatic heterocycles. The maximum absolute atomic E-state index is 12.3. The van der Waals surface area contributed by atoms with Crippen LogP contribution < -0.4 is 15.0 Å². The minimum Gasteiger partial charge on any atom is -0.494 e. The van der Waals surface area contributed by atoms with Crippen LogP contribution in [-0.4, -0.2) is 37.1 Å². The summed E-state index contributed by atoms with van der Waals surface area (Å²) in [7, 11) is 0. The molecule has 1 aromatic heterocycles. The van der Waals surface area contributed by atoms with Crippen molar-refractivity contribution >= 4 is 32.6 Å². The fraction of sp³-hybridized carbons (Fsp3) is 0.391. The molecule has 0 bridgehead atoms. The van der Waals surface area contributed by atoms with Crippen molar-refractivity contribution in [3.05, 3.63) is 54.1 Å². The average molecular weight is 410 g/mol. The Balaban J connectivity index is 1.21. The molecule has 1 N–H and O–H groups in total. The van der Waals surface area contributed by atoms with Gasteiger partial charge in [0.1, 0.15) is 5.75 Å². The molecule has 1 aliphatic rings. The second-order valence-electron chi connectivity index (χ2n) is 7.45. The van der Waals surface area contributed by atoms with Gasteiger partial charge in [-0.15, -0.1) is 0 Å². The SMILES string of the molecule is CCOc1ccc(CC(=O)NCC2CCN(c3nc4ccccc4s3)CC2)cc1. The molecular formula is C23H27N3O2S. The first-order valence-corrected chi connectivity index (χ1v) is 11.1. The van der Waals surface area contributed by atoms with E-state index in [1.165, 1.54) is 4.70 Å². The lowest BCUT2D eigenvalue weighted by molar-refractivity contribution is -0.120. The van der Waals surface area contributed by atoms with Gasteiger partial charge in [-0.2, -0.15) is 0 Å². The molecule has 0 spiro atoms. The lowest BCUT2D eigenvalue weighted by Gasteiger charge is -2.31. The van der Waals surface area contributed by atoms with Crippen LogP contribution in [0.25, 0.3) is 10.2 Å². The molecule has 4 rings (SSSR count). The first kappa shape index (κ1) is 19.7. The third-order valence-corrected chi connectivity index (χ3v) is 6.45. The number of nitrogens with one attached hydrogen (secondary N) is 1. The number of nitrogens with zero attached hydrogens (tertiary/aromatic N) is 2. The van der Waals surface area contributed by atoms with Gasteiger partial charge in [0.25, 0.3) is 0 Å². The van der Waals surface area contributed by atoms with E-state index in [0.29, 0.717) is 18.9 Å². The Hall–Kier alpha value is -2.60. The summed E-state index contributed by atoms with van der Waals surface area (Å²) in [6.07, 6.45) is 2.58. The lowest BCUT2D eigenvalue weighted by atomic mass is 9.97. The topological polar surface area (TPSA) is 54.5 Å². The van der Waals surface area contributed by atoms with E-state index in [1.807, 2.05) is 37.3 Å². The zero-order valence-corrected chi connectivity index (χ0v) is 17.6. The second-order valence-corrected chi connectivity index (χ2v) is 8.46. The van der Waals surface area contributed by atoms with Gasteiger partial charge in [0.15, 0.2) is 5.13 Å². The van der Waals surface area contributed by atoms with Crippen LogP contribution in [-0.2, 0) is 11.2 Å². The number of rotatable bonds is 7. The summed E-state index contributed by atoms with van der Waals surface area (Å²) in [6, 6.07) is 16.1. The van der Waals surface area contributed by atoms with E-state index in [2.05, 4.69) is 28.4 Å². The number of fused-ring (bicyclic) bond motifs is 1. The van der Waals surface area contributed by atoms with Crippen LogP contribution in [0.15, 0.2) is 48.5 Å². The van der Waals surface area contributed by atoms with E-state index in [-0.39, 0.29) is 5.91 Å². The van der Waals surface area contributed by atoms with Crippen molar-refractivity contribution in [2.45, 2.75) is 26.2 Å². The number of hydrogen-bond acceptors (Lipinski definition) is 5. The summed E-state index contributed by atoms with van der Waals surface area (Å²) < 4.78 is 6.68. The number of piperidine rings is 1. The van der Waals surface area contributed by atoms with Crippen LogP contribution >= 0.6 is 11.3 Å². The molecule has 3 aromatic rings. The minimum absolute atomic E-state index is 0.0859. The molecule has 0 unspecified atom stereocenters. The van der Waals surface area contributed by atoms with Gasteiger partial charge < -0.3 is 15.0 Å². The highest BCUT2D eigenvalue weighted by Gasteiger charge is 2.22. The number of anilines is 1. The predicted octanol–water partition coefficient (Wildman–Crippen LogP) is 4.27. The zero-order valence-electron chi connectivity index (χ0n) is 16.8. The Labute approximate surface area is 175 Å². The number of aromatic nitrogens is 1. The molecule has 6 heteroatoms. The Morgan fingerprint density at radius 3 is 2.66 bits per heavy atom. The third-order valence-electron chi connectivity index (χ3n) is 5.35. The van der Waals surface area contributed by atoms with E-state index in [1.54, 1.807) is 11.3 Å². The van der Waals surface area contributed by atoms with E-state index in [9.17, 15) is 4.79 Å². The lowest BCUT2D eigenvalue weighted by Crippen LogP contribution is -2.39. The molecular weight excluding hydrogens is 382 g/mol. The van der Waals surface area contributed by atoms with Gasteiger partial charge in [-0.3, -0.25) is 4.79 Å². The van der Waals surface area contributed by atoms with Gasteiger partial charge in [0.05, 0.1) is 23.2 Å². The highest BCUT2D eigenvalue weighted by atomic mass is 32.1. The van der Waals surface area contributed by atoms with Crippen LogP contribution in [0.1, 0.15) is 25.3 Å². The first-order chi connectivity index (χ1) is 14.2. The Kier molecular flexibility index (Phi) is 6.30. The van der Waals surface area contributed by atoms with Gasteiger partial charge in [-0.25, -0.2) is 4.98 Å². The molecule has 0 saturated carbocycles. The summed E-state index contributed by atoms with van der Waals surface area (Å²) in [4.78, 5) is 19.4. The highest BCUT2D eigenvalue weighted by molar-refractivity contribution is 7.22. The van der Waals surface area contributed by atoms with Crippen molar-refractivity contribution < 1.29 is 9.53 Å². The first-order valence-electron chi connectivity index (χ1n) is 10.3. The van der Waals surface area contributed by atoms with Crippen LogP contribution in [0.5, 0.6) is 5.75 Å². The molecule has 5 nitrogen and oxygen atoms in total. The van der Waals surface area contributed by atoms with E-state index in [0.717, 1.165) is 54.4 Å². The molecule has 1 amide bonds. The number of ether oxygens (including phenoxy) is 1. The normalized spacial score (nSPS) is 14.9. The predicted molar refractivity (Wildman–Crippen MR) is 119 cm³/mol. The van der Waals surface area contributed by atoms with Crippen LogP contribution in [0, 0.1) is 5.92 Å². The Morgan fingerprint density at radius 1 is 1.17 bits per heavy atom. The number of benzene rings is 2. The average Bonchev–Trinajstić information content (AvgIpc) is 3.19. The van der Waals surface area contributed by atoms with Gasteiger partial charge in [0, 0.05) is 19.6 Å². The van der Waals surface area contributed by atoms with Crippen molar-refractivity contribution in [3.8, 4) is 5.75 Å². The summed E-state index contributed by atoms with van der Waals surface area (Å²) in [5, 5.41) is 4.23. The molecule has 152 valence electrons. The van der Waals surface area contributed by atoms with E-state index >= 15 is 0 Å². The minimum atomic E-state index is 0.0859. The van der Waals surface area contributed by atoms with Gasteiger partial charge in [-0.1, -0.05) is 35.6 Å². The molecule has 0 radical (unpaired) electrons. The van der Waals surface area contributed by atoms with E-state index < -0.39 is 0 Å². The van der Waals surface area contributed by atoms with Crippen molar-refractivity contribution in [1.29, 1.82) is 0 Å². The number of carbonyl (C=O) groups is 1. The standard InChI is InChI=1S/C23H27N3O2S/c1-2-28-19-9-7-17(8-10-19)15-22(27)24-16-18-11-13-26(14-12-18)23-25-20-5-3-4-6-21(20)29-23/h3-10,18H,2,11-16H2,1H3,(H,24,27). The number of carbonyl (C=O) groups excluding carboxylic acids is 1. The fourth-order valence-corrected chi connectivity index (χ4v) is 4.72. The van der Waals surface area contributed by atoms with Crippen LogP contribution in [0.2, 0.25) is 0 Å². The van der Waals surface area contributed by atoms with Crippen molar-refractivity contribution in [2.24, 2.45) is 5.92 Å². The van der Waals surface area contributed by atoms with Crippen LogP contribution in [0.3, 0.4) is 0 Å². The number of hydrogen-bond donors (Lipinski definition) is 1. The second kappa shape index (κ2) is 9.27. The summed E-state index contributed by atoms with van der Waals surface area (Å²) in [5.41, 5.74) is 2.09. The summed E-state index contributed by atoms with van der Waals surface area (Å²) >= 11 is 1.76. The smallest absolute Gasteiger partial charge is 0.224 e. The molecule has 2 heterocycles. The maximum Gasteiger partial charge on any atom is 0.224 e. The largest absolute Gasteiger partial charge is 0.494 e. The van der Waals surface area contributed by atoms with E-state index in [4.69, 9.17) is 9.72 Å². The third kappa shape index (κ3) is 5.07. The molecule has 1 saturated heterocycles. The maximum atomic E-state index is 12.3. The Bertz CT molecular complexity index is 913. The van der Waals surface area contributed by atoms with Gasteiger partial charge >= 0.3 is 0 Å². The zero-order chi connectivity index (χ0) is 20.1. The summed E-state index contributed by atoms with van der Waals surface area (Å²) in [6.45, 7) is 5.37.